The molecule has 0 saturated heterocycles. The van der Waals surface area contributed by atoms with Crippen molar-refractivity contribution in [1.82, 2.24) is 0 Å². The van der Waals surface area contributed by atoms with Gasteiger partial charge in [-0.05, 0) is 18.5 Å². The van der Waals surface area contributed by atoms with Crippen LogP contribution in [-0.2, 0) is 23.9 Å². The van der Waals surface area contributed by atoms with E-state index >= 15 is 0 Å². The molecule has 0 aliphatic carbocycles. The molecule has 0 amide bonds. The molecule has 5 nitrogen and oxygen atoms in total. The maximum atomic E-state index is 11.0. The fourth-order valence-electron chi connectivity index (χ4n) is 0.661. The Labute approximate surface area is 92.0 Å². The van der Waals surface area contributed by atoms with Gasteiger partial charge in [0.25, 0.3) is 5.24 Å². The lowest BCUT2D eigenvalue weighted by molar-refractivity contribution is -0.141. The molecule has 0 unspecified atom stereocenters. The quantitative estimate of drug-likeness (QED) is 0.400. The van der Waals surface area contributed by atoms with E-state index in [1.165, 1.54) is 6.92 Å². The number of esters is 2. The van der Waals surface area contributed by atoms with E-state index in [-0.39, 0.29) is 18.8 Å². The summed E-state index contributed by atoms with van der Waals surface area (Å²) in [5, 5.41) is -0.857. The van der Waals surface area contributed by atoms with Crippen molar-refractivity contribution in [3.8, 4) is 0 Å². The van der Waals surface area contributed by atoms with Crippen LogP contribution in [0.3, 0.4) is 0 Å². The molecule has 0 radical (unpaired) electrons. The third-order valence-corrected chi connectivity index (χ3v) is 1.50. The summed E-state index contributed by atoms with van der Waals surface area (Å²) in [6, 6.07) is 0. The van der Waals surface area contributed by atoms with Gasteiger partial charge in [0.05, 0.1) is 12.2 Å². The Morgan fingerprint density at radius 2 is 1.87 bits per heavy atom. The van der Waals surface area contributed by atoms with Crippen LogP contribution >= 0.6 is 11.6 Å². The number of carbonyl (C=O) groups is 3. The first-order valence-electron chi connectivity index (χ1n) is 4.17. The fourth-order valence-corrected chi connectivity index (χ4v) is 0.770. The summed E-state index contributed by atoms with van der Waals surface area (Å²) in [5.74, 6) is -1.27. The van der Waals surface area contributed by atoms with Gasteiger partial charge < -0.3 is 9.47 Å². The molecule has 15 heavy (non-hydrogen) atoms. The largest absolute Gasteiger partial charge is 0.463 e. The summed E-state index contributed by atoms with van der Waals surface area (Å²) in [6.07, 6.45) is 0.905. The highest BCUT2D eigenvalue weighted by atomic mass is 35.5. The van der Waals surface area contributed by atoms with Crippen molar-refractivity contribution in [3.05, 3.63) is 11.6 Å². The van der Waals surface area contributed by atoms with Crippen molar-refractivity contribution >= 4 is 28.8 Å². The summed E-state index contributed by atoms with van der Waals surface area (Å²) in [4.78, 5) is 32.2. The Balaban J connectivity index is 4.44. The molecule has 0 aromatic rings. The number of ether oxygens (including phenoxy) is 2. The van der Waals surface area contributed by atoms with Crippen LogP contribution in [0, 0.1) is 0 Å². The molecule has 0 saturated carbocycles. The molecule has 84 valence electrons. The highest BCUT2D eigenvalue weighted by molar-refractivity contribution is 6.67. The van der Waals surface area contributed by atoms with Crippen molar-refractivity contribution in [2.24, 2.45) is 0 Å². The second-order valence-electron chi connectivity index (χ2n) is 2.48. The lowest BCUT2D eigenvalue weighted by atomic mass is 10.3. The van der Waals surface area contributed by atoms with Crippen LogP contribution in [-0.4, -0.2) is 30.4 Å². The first-order valence-corrected chi connectivity index (χ1v) is 4.55. The molecule has 0 spiro atoms. The van der Waals surface area contributed by atoms with Crippen LogP contribution < -0.4 is 0 Å². The number of carbonyl (C=O) groups excluding carboxylic acids is 3. The van der Waals surface area contributed by atoms with Gasteiger partial charge in [0.2, 0.25) is 0 Å². The van der Waals surface area contributed by atoms with Crippen molar-refractivity contribution in [1.29, 1.82) is 0 Å². The minimum atomic E-state index is -0.857. The Kier molecular flexibility index (Phi) is 6.37. The van der Waals surface area contributed by atoms with E-state index in [2.05, 4.69) is 9.47 Å². The van der Waals surface area contributed by atoms with E-state index in [9.17, 15) is 14.4 Å². The zero-order chi connectivity index (χ0) is 11.8. The number of hydrogen-bond donors (Lipinski definition) is 0. The molecule has 0 aromatic carbocycles. The Morgan fingerprint density at radius 3 is 2.27 bits per heavy atom. The molecular weight excluding hydrogens is 224 g/mol. The predicted octanol–water partition coefficient (Wildman–Crippen LogP) is 0.804. The third kappa shape index (κ3) is 6.68. The van der Waals surface area contributed by atoms with E-state index in [4.69, 9.17) is 11.6 Å². The van der Waals surface area contributed by atoms with Crippen LogP contribution in [0.15, 0.2) is 11.6 Å². The summed E-state index contributed by atoms with van der Waals surface area (Å²) < 4.78 is 9.09. The monoisotopic (exact) mass is 234 g/mol. The van der Waals surface area contributed by atoms with Crippen LogP contribution in [0.25, 0.3) is 0 Å². The maximum absolute atomic E-state index is 11.0. The van der Waals surface area contributed by atoms with Gasteiger partial charge in [-0.25, -0.2) is 4.79 Å². The molecule has 0 rings (SSSR count). The van der Waals surface area contributed by atoms with E-state index in [0.717, 1.165) is 6.08 Å². The minimum absolute atomic E-state index is 0.120. The van der Waals surface area contributed by atoms with Gasteiger partial charge in [0.1, 0.15) is 6.61 Å². The Hall–Kier alpha value is -1.36. The van der Waals surface area contributed by atoms with Gasteiger partial charge in [-0.1, -0.05) is 0 Å². The topological polar surface area (TPSA) is 69.7 Å². The molecule has 0 atom stereocenters. The smallest absolute Gasteiger partial charge is 0.331 e. The average molecular weight is 235 g/mol. The molecule has 0 bridgehead atoms. The van der Waals surface area contributed by atoms with Crippen LogP contribution in [0.2, 0.25) is 0 Å². The van der Waals surface area contributed by atoms with Gasteiger partial charge in [-0.2, -0.15) is 0 Å². The number of hydrogen-bond acceptors (Lipinski definition) is 5. The van der Waals surface area contributed by atoms with E-state index in [1.807, 2.05) is 0 Å². The van der Waals surface area contributed by atoms with Crippen molar-refractivity contribution in [2.75, 3.05) is 13.2 Å². The maximum Gasteiger partial charge on any atom is 0.331 e. The average Bonchev–Trinajstić information content (AvgIpc) is 2.11. The van der Waals surface area contributed by atoms with Crippen LogP contribution in [0.4, 0.5) is 0 Å². The first kappa shape index (κ1) is 13.6. The zero-order valence-corrected chi connectivity index (χ0v) is 9.17. The summed E-state index contributed by atoms with van der Waals surface area (Å²) in [6.45, 7) is 2.66. The van der Waals surface area contributed by atoms with Crippen molar-refractivity contribution in [2.45, 2.75) is 13.8 Å². The molecule has 0 heterocycles. The predicted molar refractivity (Wildman–Crippen MR) is 52.2 cm³/mol. The van der Waals surface area contributed by atoms with Gasteiger partial charge in [0, 0.05) is 13.0 Å². The number of rotatable bonds is 5. The summed E-state index contributed by atoms with van der Waals surface area (Å²) >= 11 is 5.17. The third-order valence-electron chi connectivity index (χ3n) is 1.26. The lowest BCUT2D eigenvalue weighted by Crippen LogP contribution is -2.11. The molecule has 0 aliphatic rings. The minimum Gasteiger partial charge on any atom is -0.463 e. The normalized spacial score (nSPS) is 10.7. The van der Waals surface area contributed by atoms with Crippen molar-refractivity contribution < 1.29 is 23.9 Å². The lowest BCUT2D eigenvalue weighted by Gasteiger charge is -2.02. The van der Waals surface area contributed by atoms with E-state index in [1.54, 1.807) is 6.92 Å². The SMILES string of the molecule is CCOC(=O)/C=C(/COC(C)=O)C(=O)Cl. The second kappa shape index (κ2) is 7.00. The van der Waals surface area contributed by atoms with Crippen LogP contribution in [0.1, 0.15) is 13.8 Å². The standard InChI is InChI=1S/C9H11ClO5/c1-3-14-8(12)4-7(9(10)13)5-15-6(2)11/h4H,3,5H2,1-2H3/b7-4-. The van der Waals surface area contributed by atoms with E-state index < -0.39 is 17.2 Å². The van der Waals surface area contributed by atoms with Crippen LogP contribution in [0.5, 0.6) is 0 Å². The highest BCUT2D eigenvalue weighted by Crippen LogP contribution is 2.02. The summed E-state index contributed by atoms with van der Waals surface area (Å²) in [5.41, 5.74) is -0.120. The Morgan fingerprint density at radius 1 is 1.27 bits per heavy atom. The Bertz CT molecular complexity index is 295. The van der Waals surface area contributed by atoms with Gasteiger partial charge in [0.15, 0.2) is 0 Å². The second-order valence-corrected chi connectivity index (χ2v) is 2.82. The van der Waals surface area contributed by atoms with Gasteiger partial charge >= 0.3 is 11.9 Å². The fraction of sp³-hybridized carbons (Fsp3) is 0.444. The zero-order valence-electron chi connectivity index (χ0n) is 8.41. The van der Waals surface area contributed by atoms with Gasteiger partial charge in [-0.15, -0.1) is 0 Å². The molecule has 0 aromatic heterocycles. The van der Waals surface area contributed by atoms with Gasteiger partial charge in [-0.3, -0.25) is 9.59 Å². The highest BCUT2D eigenvalue weighted by Gasteiger charge is 2.11. The number of halogens is 1. The molecule has 0 aliphatic heterocycles. The molecule has 6 heteroatoms. The molecular formula is C9H11ClO5. The summed E-state index contributed by atoms with van der Waals surface area (Å²) in [7, 11) is 0. The van der Waals surface area contributed by atoms with E-state index in [0.29, 0.717) is 0 Å². The van der Waals surface area contributed by atoms with Crippen molar-refractivity contribution in [3.63, 3.8) is 0 Å². The first-order chi connectivity index (χ1) is 6.97. The molecule has 0 N–H and O–H groups in total. The molecule has 0 fully saturated rings.